The minimum absolute atomic E-state index is 0.0799. The van der Waals surface area contributed by atoms with Gasteiger partial charge in [-0.1, -0.05) is 6.07 Å². The molecule has 0 fully saturated rings. The number of hydrogen-bond donors (Lipinski definition) is 1. The van der Waals surface area contributed by atoms with Crippen molar-refractivity contribution in [3.63, 3.8) is 0 Å². The van der Waals surface area contributed by atoms with Gasteiger partial charge >= 0.3 is 0 Å². The second-order valence-corrected chi connectivity index (χ2v) is 5.66. The summed E-state index contributed by atoms with van der Waals surface area (Å²) in [6, 6.07) is 8.10. The van der Waals surface area contributed by atoms with Gasteiger partial charge in [-0.05, 0) is 37.4 Å². The average Bonchev–Trinajstić information content (AvgIpc) is 3.19. The molecule has 0 bridgehead atoms. The van der Waals surface area contributed by atoms with Gasteiger partial charge in [0.25, 0.3) is 11.8 Å². The monoisotopic (exact) mass is 290 g/mol. The Balaban J connectivity index is 1.70. The highest BCUT2D eigenvalue weighted by Gasteiger charge is 2.22. The second kappa shape index (κ2) is 5.60. The Morgan fingerprint density at radius 3 is 2.75 bits per heavy atom. The van der Waals surface area contributed by atoms with Crippen LogP contribution in [-0.2, 0) is 0 Å². The van der Waals surface area contributed by atoms with Crippen molar-refractivity contribution in [3.8, 4) is 10.8 Å². The van der Waals surface area contributed by atoms with E-state index >= 15 is 0 Å². The third-order valence-corrected chi connectivity index (χ3v) is 3.99. The molecule has 0 aliphatic rings. The maximum absolute atomic E-state index is 5.73. The van der Waals surface area contributed by atoms with E-state index in [2.05, 4.69) is 22.4 Å². The Morgan fingerprint density at radius 2 is 2.05 bits per heavy atom. The Kier molecular flexibility index (Phi) is 3.66. The summed E-state index contributed by atoms with van der Waals surface area (Å²) in [6.07, 6.45) is 1.69. The topological polar surface area (TPSA) is 68.7 Å². The summed E-state index contributed by atoms with van der Waals surface area (Å²) in [6.45, 7) is 4.14. The van der Waals surface area contributed by atoms with Crippen molar-refractivity contribution < 1.29 is 14.2 Å². The molecule has 6 heteroatoms. The summed E-state index contributed by atoms with van der Waals surface area (Å²) < 4.78 is 11.1. The first-order valence-electron chi connectivity index (χ1n) is 6.49. The van der Waals surface area contributed by atoms with Crippen LogP contribution in [0.4, 0.5) is 0 Å². The number of furan rings is 1. The molecule has 2 atom stereocenters. The molecule has 0 aromatic carbocycles. The zero-order valence-corrected chi connectivity index (χ0v) is 12.1. The summed E-state index contributed by atoms with van der Waals surface area (Å²) >= 11 is 1.59. The van der Waals surface area contributed by atoms with Crippen LogP contribution in [0.5, 0.6) is 0 Å². The molecule has 0 aliphatic heterocycles. The van der Waals surface area contributed by atoms with E-state index in [1.807, 2.05) is 36.6 Å². The first-order chi connectivity index (χ1) is 9.74. The molecule has 3 aromatic rings. The third-order valence-electron chi connectivity index (χ3n) is 3.13. The van der Waals surface area contributed by atoms with E-state index in [9.17, 15) is 0 Å². The summed E-state index contributed by atoms with van der Waals surface area (Å²) in [4.78, 5) is 0.995. The first-order valence-corrected chi connectivity index (χ1v) is 7.37. The maximum atomic E-state index is 5.73. The first kappa shape index (κ1) is 13.1. The van der Waals surface area contributed by atoms with Crippen LogP contribution in [0.2, 0.25) is 0 Å². The van der Waals surface area contributed by atoms with Crippen molar-refractivity contribution in [2.75, 3.05) is 0 Å². The van der Waals surface area contributed by atoms with Crippen LogP contribution >= 0.6 is 11.3 Å². The largest absolute Gasteiger partial charge is 0.463 e. The summed E-state index contributed by atoms with van der Waals surface area (Å²) in [5, 5.41) is 12.4. The number of thiophene rings is 1. The van der Waals surface area contributed by atoms with Crippen molar-refractivity contribution in [3.05, 3.63) is 47.6 Å². The van der Waals surface area contributed by atoms with Crippen LogP contribution in [0, 0.1) is 0 Å². The van der Waals surface area contributed by atoms with Crippen molar-refractivity contribution in [2.24, 2.45) is 0 Å². The SMILES string of the molecule is C[C@H]([NH2+][C@@H](C)c1nnc(-c2cccs2)o1)c1ccco1. The molecule has 0 amide bonds. The maximum Gasteiger partial charge on any atom is 0.274 e. The van der Waals surface area contributed by atoms with Gasteiger partial charge in [0, 0.05) is 0 Å². The zero-order valence-electron chi connectivity index (χ0n) is 11.3. The molecule has 20 heavy (non-hydrogen) atoms. The quantitative estimate of drug-likeness (QED) is 0.784. The number of rotatable bonds is 5. The third kappa shape index (κ3) is 2.66. The zero-order chi connectivity index (χ0) is 13.9. The second-order valence-electron chi connectivity index (χ2n) is 4.71. The number of hydrogen-bond acceptors (Lipinski definition) is 5. The van der Waals surface area contributed by atoms with E-state index in [1.165, 1.54) is 0 Å². The van der Waals surface area contributed by atoms with Crippen molar-refractivity contribution in [1.29, 1.82) is 0 Å². The van der Waals surface area contributed by atoms with Crippen LogP contribution < -0.4 is 5.32 Å². The Morgan fingerprint density at radius 1 is 1.15 bits per heavy atom. The fraction of sp³-hybridized carbons (Fsp3) is 0.286. The molecule has 0 saturated carbocycles. The molecule has 0 saturated heterocycles. The molecule has 3 rings (SSSR count). The number of aromatic nitrogens is 2. The van der Waals surface area contributed by atoms with Gasteiger partial charge in [-0.3, -0.25) is 0 Å². The lowest BCUT2D eigenvalue weighted by Crippen LogP contribution is -2.85. The summed E-state index contributed by atoms with van der Waals surface area (Å²) in [5.41, 5.74) is 0. The molecule has 2 N–H and O–H groups in total. The van der Waals surface area contributed by atoms with Crippen LogP contribution in [0.1, 0.15) is 37.6 Å². The molecule has 3 heterocycles. The minimum atomic E-state index is 0.0799. The van der Waals surface area contributed by atoms with Crippen molar-refractivity contribution in [2.45, 2.75) is 25.9 Å². The standard InChI is InChI=1S/C14H15N3O2S/c1-9(11-5-3-7-18-11)15-10(2)13-16-17-14(19-13)12-6-4-8-20-12/h3-10,15H,1-2H3/p+1/t9-,10-/m0/s1. The molecule has 0 unspecified atom stereocenters. The van der Waals surface area contributed by atoms with Gasteiger partial charge < -0.3 is 14.2 Å². The molecular weight excluding hydrogens is 274 g/mol. The lowest BCUT2D eigenvalue weighted by molar-refractivity contribution is -0.732. The van der Waals surface area contributed by atoms with Crippen LogP contribution in [0.15, 0.2) is 44.7 Å². The Labute approximate surface area is 120 Å². The van der Waals surface area contributed by atoms with E-state index < -0.39 is 0 Å². The average molecular weight is 290 g/mol. The number of nitrogens with zero attached hydrogens (tertiary/aromatic N) is 2. The summed E-state index contributed by atoms with van der Waals surface area (Å²) in [5.74, 6) is 2.16. The number of quaternary nitrogens is 1. The van der Waals surface area contributed by atoms with Crippen LogP contribution in [0.3, 0.4) is 0 Å². The van der Waals surface area contributed by atoms with Gasteiger partial charge in [-0.25, -0.2) is 0 Å². The van der Waals surface area contributed by atoms with Crippen LogP contribution in [-0.4, -0.2) is 10.2 Å². The highest BCUT2D eigenvalue weighted by atomic mass is 32.1. The van der Waals surface area contributed by atoms with Gasteiger partial charge in [0.1, 0.15) is 6.04 Å². The predicted octanol–water partition coefficient (Wildman–Crippen LogP) is 2.78. The molecule has 0 aliphatic carbocycles. The fourth-order valence-electron chi connectivity index (χ4n) is 2.08. The lowest BCUT2D eigenvalue weighted by atomic mass is 10.2. The lowest BCUT2D eigenvalue weighted by Gasteiger charge is -2.11. The highest BCUT2D eigenvalue weighted by Crippen LogP contribution is 2.24. The van der Waals surface area contributed by atoms with E-state index in [0.717, 1.165) is 10.6 Å². The van der Waals surface area contributed by atoms with Gasteiger partial charge in [0.15, 0.2) is 11.8 Å². The normalized spacial score (nSPS) is 14.3. The van der Waals surface area contributed by atoms with E-state index in [0.29, 0.717) is 11.8 Å². The summed E-state index contributed by atoms with van der Waals surface area (Å²) in [7, 11) is 0. The van der Waals surface area contributed by atoms with E-state index in [1.54, 1.807) is 17.6 Å². The Hall–Kier alpha value is -1.92. The predicted molar refractivity (Wildman–Crippen MR) is 75.1 cm³/mol. The number of nitrogens with two attached hydrogens (primary N) is 1. The molecule has 104 valence electrons. The molecule has 0 spiro atoms. The molecule has 0 radical (unpaired) electrons. The minimum Gasteiger partial charge on any atom is -0.463 e. The van der Waals surface area contributed by atoms with Crippen LogP contribution in [0.25, 0.3) is 10.8 Å². The fourth-order valence-corrected chi connectivity index (χ4v) is 2.72. The molecule has 3 aromatic heterocycles. The van der Waals surface area contributed by atoms with Gasteiger partial charge in [-0.2, -0.15) is 0 Å². The highest BCUT2D eigenvalue weighted by molar-refractivity contribution is 7.13. The van der Waals surface area contributed by atoms with E-state index in [-0.39, 0.29) is 12.1 Å². The van der Waals surface area contributed by atoms with Crippen molar-refractivity contribution >= 4 is 11.3 Å². The molecular formula is C14H16N3O2S+. The molecule has 5 nitrogen and oxygen atoms in total. The van der Waals surface area contributed by atoms with E-state index in [4.69, 9.17) is 8.83 Å². The van der Waals surface area contributed by atoms with Gasteiger partial charge in [-0.15, -0.1) is 21.5 Å². The Bertz CT molecular complexity index is 646. The van der Waals surface area contributed by atoms with Crippen molar-refractivity contribution in [1.82, 2.24) is 10.2 Å². The van der Waals surface area contributed by atoms with Gasteiger partial charge in [0.2, 0.25) is 0 Å². The smallest absolute Gasteiger partial charge is 0.274 e. The van der Waals surface area contributed by atoms with Gasteiger partial charge in [0.05, 0.1) is 11.1 Å².